The van der Waals surface area contributed by atoms with Crippen LogP contribution in [0.25, 0.3) is 11.5 Å². The average molecular weight is 623 g/mol. The number of aromatic nitrogens is 1. The van der Waals surface area contributed by atoms with E-state index in [1.54, 1.807) is 13.8 Å². The number of rotatable bonds is 13. The number of esters is 1. The summed E-state index contributed by atoms with van der Waals surface area (Å²) in [4.78, 5) is 29.2. The van der Waals surface area contributed by atoms with E-state index in [9.17, 15) is 9.59 Å². The lowest BCUT2D eigenvalue weighted by atomic mass is 10.0. The van der Waals surface area contributed by atoms with Gasteiger partial charge in [0.15, 0.2) is 0 Å². The molecule has 1 aliphatic heterocycles. The summed E-state index contributed by atoms with van der Waals surface area (Å²) in [6.07, 6.45) is 2.48. The fourth-order valence-corrected chi connectivity index (χ4v) is 4.86. The lowest BCUT2D eigenvalue weighted by molar-refractivity contribution is -0.154. The van der Waals surface area contributed by atoms with Crippen molar-refractivity contribution in [3.05, 3.63) is 65.0 Å². The van der Waals surface area contributed by atoms with Gasteiger partial charge in [-0.2, -0.15) is 0 Å². The van der Waals surface area contributed by atoms with E-state index >= 15 is 0 Å². The van der Waals surface area contributed by atoms with Gasteiger partial charge in [-0.25, -0.2) is 9.78 Å². The molecule has 45 heavy (non-hydrogen) atoms. The predicted molar refractivity (Wildman–Crippen MR) is 169 cm³/mol. The largest absolute Gasteiger partial charge is 0.493 e. The van der Waals surface area contributed by atoms with Crippen LogP contribution in [-0.2, 0) is 38.4 Å². The zero-order chi connectivity index (χ0) is 32.4. The highest BCUT2D eigenvalue weighted by Crippen LogP contribution is 2.26. The summed E-state index contributed by atoms with van der Waals surface area (Å²) >= 11 is 0. The Labute approximate surface area is 265 Å². The molecule has 1 aliphatic rings. The van der Waals surface area contributed by atoms with Crippen LogP contribution in [0, 0.1) is 6.92 Å². The van der Waals surface area contributed by atoms with Gasteiger partial charge in [-0.1, -0.05) is 6.07 Å². The SMILES string of the molecule is Cc1oc(-c2ccc(OC3CCOCC3)cc2)nc1CCOc1ccc(CCC(=O)OC(C)(C)C)c(CNC(=O)OC(C)C)c1. The van der Waals surface area contributed by atoms with E-state index in [4.69, 9.17) is 33.1 Å². The van der Waals surface area contributed by atoms with Crippen LogP contribution in [-0.4, -0.2) is 54.7 Å². The Morgan fingerprint density at radius 1 is 1.00 bits per heavy atom. The van der Waals surface area contributed by atoms with Crippen LogP contribution in [0.2, 0.25) is 0 Å². The molecule has 2 heterocycles. The number of carbonyl (C=O) groups is 2. The molecule has 2 aromatic carbocycles. The zero-order valence-corrected chi connectivity index (χ0v) is 27.3. The van der Waals surface area contributed by atoms with E-state index in [0.717, 1.165) is 59.9 Å². The van der Waals surface area contributed by atoms with Crippen molar-refractivity contribution in [3.8, 4) is 23.0 Å². The molecule has 3 aromatic rings. The van der Waals surface area contributed by atoms with Crippen LogP contribution in [0.3, 0.4) is 0 Å². The number of nitrogens with zero attached hydrogens (tertiary/aromatic N) is 1. The van der Waals surface area contributed by atoms with Gasteiger partial charge in [0.1, 0.15) is 29.0 Å². The van der Waals surface area contributed by atoms with Crippen molar-refractivity contribution in [2.75, 3.05) is 19.8 Å². The van der Waals surface area contributed by atoms with E-state index in [1.807, 2.05) is 70.2 Å². The molecule has 1 saturated heterocycles. The molecule has 0 bridgehead atoms. The maximum absolute atomic E-state index is 12.3. The summed E-state index contributed by atoms with van der Waals surface area (Å²) in [6, 6.07) is 13.5. The van der Waals surface area contributed by atoms with Crippen molar-refractivity contribution in [1.82, 2.24) is 10.3 Å². The summed E-state index contributed by atoms with van der Waals surface area (Å²) < 4.78 is 34.2. The standard InChI is InChI=1S/C35H46N2O8/c1-23(2)42-34(39)36-22-27-21-30(13-7-25(27)10-14-32(38)45-35(4,5)6)41-20-17-31-24(3)43-33(37-31)26-8-11-28(12-9-26)44-29-15-18-40-19-16-29/h7-9,11-13,21,23,29H,10,14-20,22H2,1-6H3,(H,36,39). The lowest BCUT2D eigenvalue weighted by Crippen LogP contribution is -2.27. The Bertz CT molecular complexity index is 1400. The Hall–Kier alpha value is -4.05. The number of oxazole rings is 1. The Morgan fingerprint density at radius 3 is 2.40 bits per heavy atom. The highest BCUT2D eigenvalue weighted by Gasteiger charge is 2.18. The molecular weight excluding hydrogens is 576 g/mol. The number of ether oxygens (including phenoxy) is 5. The van der Waals surface area contributed by atoms with Crippen LogP contribution >= 0.6 is 0 Å². The monoisotopic (exact) mass is 622 g/mol. The summed E-state index contributed by atoms with van der Waals surface area (Å²) in [5, 5.41) is 2.79. The molecule has 1 fully saturated rings. The summed E-state index contributed by atoms with van der Waals surface area (Å²) in [5.41, 5.74) is 2.90. The molecule has 10 heteroatoms. The highest BCUT2D eigenvalue weighted by molar-refractivity contribution is 5.70. The molecule has 0 spiro atoms. The van der Waals surface area contributed by atoms with E-state index < -0.39 is 11.7 Å². The van der Waals surface area contributed by atoms with Gasteiger partial charge in [0.05, 0.1) is 31.6 Å². The number of benzene rings is 2. The molecule has 0 atom stereocenters. The first-order valence-corrected chi connectivity index (χ1v) is 15.7. The van der Waals surface area contributed by atoms with Crippen molar-refractivity contribution in [2.45, 2.75) is 98.0 Å². The first-order valence-electron chi connectivity index (χ1n) is 15.7. The molecule has 1 aromatic heterocycles. The van der Waals surface area contributed by atoms with Gasteiger partial charge in [0, 0.05) is 37.8 Å². The summed E-state index contributed by atoms with van der Waals surface area (Å²) in [5.74, 6) is 2.48. The first-order chi connectivity index (χ1) is 21.4. The fourth-order valence-electron chi connectivity index (χ4n) is 4.86. The van der Waals surface area contributed by atoms with Crippen molar-refractivity contribution < 1.29 is 37.7 Å². The van der Waals surface area contributed by atoms with Gasteiger partial charge in [0.2, 0.25) is 5.89 Å². The van der Waals surface area contributed by atoms with Crippen LogP contribution in [0.1, 0.15) is 76.5 Å². The fraction of sp³-hybridized carbons (Fsp3) is 0.514. The number of alkyl carbamates (subject to hydrolysis) is 1. The van der Waals surface area contributed by atoms with Crippen molar-refractivity contribution in [2.24, 2.45) is 0 Å². The number of carbonyl (C=O) groups excluding carboxylic acids is 2. The van der Waals surface area contributed by atoms with Gasteiger partial charge in [-0.05, 0) is 95.5 Å². The zero-order valence-electron chi connectivity index (χ0n) is 27.3. The molecule has 0 saturated carbocycles. The van der Waals surface area contributed by atoms with E-state index in [0.29, 0.717) is 31.1 Å². The van der Waals surface area contributed by atoms with Crippen LogP contribution in [0.4, 0.5) is 4.79 Å². The molecule has 1 amide bonds. The molecule has 0 radical (unpaired) electrons. The minimum atomic E-state index is -0.549. The second-order valence-electron chi connectivity index (χ2n) is 12.4. The Balaban J connectivity index is 1.35. The third-order valence-electron chi connectivity index (χ3n) is 7.03. The molecule has 0 aliphatic carbocycles. The minimum Gasteiger partial charge on any atom is -0.493 e. The molecule has 0 unspecified atom stereocenters. The summed E-state index contributed by atoms with van der Waals surface area (Å²) in [7, 11) is 0. The number of hydrogen-bond acceptors (Lipinski definition) is 9. The topological polar surface area (TPSA) is 118 Å². The second-order valence-corrected chi connectivity index (χ2v) is 12.4. The molecule has 10 nitrogen and oxygen atoms in total. The van der Waals surface area contributed by atoms with Gasteiger partial charge in [-0.3, -0.25) is 4.79 Å². The Morgan fingerprint density at radius 2 is 1.71 bits per heavy atom. The average Bonchev–Trinajstić information content (AvgIpc) is 3.35. The number of hydrogen-bond donors (Lipinski definition) is 1. The van der Waals surface area contributed by atoms with Crippen molar-refractivity contribution in [3.63, 3.8) is 0 Å². The van der Waals surface area contributed by atoms with Crippen molar-refractivity contribution >= 4 is 12.1 Å². The first kappa shape index (κ1) is 33.8. The minimum absolute atomic E-state index is 0.183. The van der Waals surface area contributed by atoms with Crippen LogP contribution in [0.5, 0.6) is 11.5 Å². The van der Waals surface area contributed by atoms with E-state index in [2.05, 4.69) is 5.32 Å². The van der Waals surface area contributed by atoms with Crippen LogP contribution < -0.4 is 14.8 Å². The van der Waals surface area contributed by atoms with Crippen LogP contribution in [0.15, 0.2) is 46.9 Å². The third-order valence-corrected chi connectivity index (χ3v) is 7.03. The molecule has 244 valence electrons. The van der Waals surface area contributed by atoms with Crippen molar-refractivity contribution in [1.29, 1.82) is 0 Å². The van der Waals surface area contributed by atoms with E-state index in [-0.39, 0.29) is 31.1 Å². The lowest BCUT2D eigenvalue weighted by Gasteiger charge is -2.23. The molecule has 4 rings (SSSR count). The smallest absolute Gasteiger partial charge is 0.407 e. The summed E-state index contributed by atoms with van der Waals surface area (Å²) in [6.45, 7) is 13.1. The highest BCUT2D eigenvalue weighted by atomic mass is 16.6. The van der Waals surface area contributed by atoms with Gasteiger partial charge < -0.3 is 33.4 Å². The van der Waals surface area contributed by atoms with Gasteiger partial charge >= 0.3 is 12.1 Å². The Kier molecular flexibility index (Phi) is 11.9. The van der Waals surface area contributed by atoms with Gasteiger partial charge in [0.25, 0.3) is 0 Å². The second kappa shape index (κ2) is 15.8. The number of amides is 1. The molecule has 1 N–H and O–H groups in total. The predicted octanol–water partition coefficient (Wildman–Crippen LogP) is 6.74. The number of aryl methyl sites for hydroxylation is 2. The third kappa shape index (κ3) is 11.1. The normalized spacial score (nSPS) is 13.8. The quantitative estimate of drug-likeness (QED) is 0.207. The maximum atomic E-state index is 12.3. The maximum Gasteiger partial charge on any atom is 0.407 e. The van der Waals surface area contributed by atoms with Gasteiger partial charge in [-0.15, -0.1) is 0 Å². The number of nitrogens with one attached hydrogen (secondary N) is 1. The van der Waals surface area contributed by atoms with E-state index in [1.165, 1.54) is 0 Å². The molecular formula is C35H46N2O8.